The molecule has 0 bridgehead atoms. The minimum absolute atomic E-state index is 0.176. The molecule has 1 aliphatic heterocycles. The van der Waals surface area contributed by atoms with Gasteiger partial charge in [-0.25, -0.2) is 14.5 Å². The number of carboxylic acids is 1. The molecule has 1 saturated heterocycles. The Morgan fingerprint density at radius 2 is 1.81 bits per heavy atom. The number of imide groups is 2. The van der Waals surface area contributed by atoms with Crippen molar-refractivity contribution in [3.63, 3.8) is 0 Å². The Hall–Kier alpha value is -4.14. The fraction of sp³-hybridized carbons (Fsp3) is 0.182. The van der Waals surface area contributed by atoms with Gasteiger partial charge in [0.1, 0.15) is 17.1 Å². The largest absolute Gasteiger partial charge is 0.494 e. The van der Waals surface area contributed by atoms with Crippen molar-refractivity contribution in [2.24, 2.45) is 0 Å². The number of barbiturate groups is 1. The van der Waals surface area contributed by atoms with Gasteiger partial charge in [-0.1, -0.05) is 18.2 Å². The molecule has 1 aliphatic rings. The number of hydrogen-bond acceptors (Lipinski definition) is 6. The second kappa shape index (κ2) is 9.12. The molecule has 2 aromatic rings. The second-order valence-corrected chi connectivity index (χ2v) is 6.52. The number of anilines is 1. The van der Waals surface area contributed by atoms with Crippen LogP contribution in [0, 0.1) is 0 Å². The van der Waals surface area contributed by atoms with Gasteiger partial charge < -0.3 is 14.6 Å². The summed E-state index contributed by atoms with van der Waals surface area (Å²) < 4.78 is 10.8. The number of benzene rings is 2. The predicted octanol–water partition coefficient (Wildman–Crippen LogP) is 2.60. The lowest BCUT2D eigenvalue weighted by Crippen LogP contribution is -2.54. The predicted molar refractivity (Wildman–Crippen MR) is 111 cm³/mol. The van der Waals surface area contributed by atoms with Crippen molar-refractivity contribution < 1.29 is 33.8 Å². The molecule has 160 valence electrons. The maximum absolute atomic E-state index is 13.0. The standard InChI is InChI=1S/C22H20N2O7/c1-3-30-16-10-8-15(9-11-16)24-20(26)17(19(25)23-22(24)29)12-14-6-4-5-7-18(14)31-13(2)21(27)28/h4-13H,3H2,1-2H3,(H,27,28)(H,23,25,29)/b17-12+/t13-/m1/s1. The van der Waals surface area contributed by atoms with E-state index in [1.807, 2.05) is 6.92 Å². The molecule has 0 unspecified atom stereocenters. The van der Waals surface area contributed by atoms with Crippen LogP contribution in [0.1, 0.15) is 19.4 Å². The average molecular weight is 424 g/mol. The second-order valence-electron chi connectivity index (χ2n) is 6.52. The van der Waals surface area contributed by atoms with E-state index < -0.39 is 29.9 Å². The summed E-state index contributed by atoms with van der Waals surface area (Å²) in [4.78, 5) is 49.7. The first-order valence-corrected chi connectivity index (χ1v) is 9.44. The summed E-state index contributed by atoms with van der Waals surface area (Å²) in [6.07, 6.45) is 0.118. The number of rotatable bonds is 7. The van der Waals surface area contributed by atoms with E-state index in [1.54, 1.807) is 30.3 Å². The van der Waals surface area contributed by atoms with Gasteiger partial charge in [-0.2, -0.15) is 0 Å². The number of carboxylic acid groups (broad SMARTS) is 1. The first kappa shape index (κ1) is 21.6. The Balaban J connectivity index is 1.95. The molecule has 1 fully saturated rings. The number of nitrogens with one attached hydrogen (secondary N) is 1. The third kappa shape index (κ3) is 4.72. The Morgan fingerprint density at radius 3 is 2.45 bits per heavy atom. The number of carbonyl (C=O) groups is 4. The van der Waals surface area contributed by atoms with E-state index in [4.69, 9.17) is 14.6 Å². The van der Waals surface area contributed by atoms with Gasteiger partial charge in [0.25, 0.3) is 11.8 Å². The van der Waals surface area contributed by atoms with Crippen molar-refractivity contribution in [2.45, 2.75) is 20.0 Å². The molecular formula is C22H20N2O7. The fourth-order valence-electron chi connectivity index (χ4n) is 2.85. The summed E-state index contributed by atoms with van der Waals surface area (Å²) in [5, 5.41) is 11.2. The summed E-state index contributed by atoms with van der Waals surface area (Å²) in [5.74, 6) is -2.10. The molecule has 2 aromatic carbocycles. The van der Waals surface area contributed by atoms with Crippen LogP contribution in [0.2, 0.25) is 0 Å². The van der Waals surface area contributed by atoms with Crippen molar-refractivity contribution in [1.82, 2.24) is 5.32 Å². The van der Waals surface area contributed by atoms with Crippen LogP contribution >= 0.6 is 0 Å². The normalized spacial score (nSPS) is 16.1. The quantitative estimate of drug-likeness (QED) is 0.517. The Morgan fingerprint density at radius 1 is 1.13 bits per heavy atom. The molecule has 9 nitrogen and oxygen atoms in total. The summed E-state index contributed by atoms with van der Waals surface area (Å²) in [6.45, 7) is 3.65. The third-order valence-corrected chi connectivity index (χ3v) is 4.38. The van der Waals surface area contributed by atoms with Gasteiger partial charge >= 0.3 is 12.0 Å². The van der Waals surface area contributed by atoms with Gasteiger partial charge in [0.2, 0.25) is 0 Å². The number of carbonyl (C=O) groups excluding carboxylic acids is 3. The molecule has 0 radical (unpaired) electrons. The van der Waals surface area contributed by atoms with Crippen LogP contribution in [0.4, 0.5) is 10.5 Å². The molecule has 1 atom stereocenters. The van der Waals surface area contributed by atoms with Crippen LogP contribution < -0.4 is 19.7 Å². The Labute approximate surface area is 177 Å². The number of amides is 4. The van der Waals surface area contributed by atoms with Gasteiger partial charge in [-0.15, -0.1) is 0 Å². The van der Waals surface area contributed by atoms with Crippen molar-refractivity contribution in [2.75, 3.05) is 11.5 Å². The lowest BCUT2D eigenvalue weighted by atomic mass is 10.1. The highest BCUT2D eigenvalue weighted by atomic mass is 16.5. The molecular weight excluding hydrogens is 404 g/mol. The average Bonchev–Trinajstić information content (AvgIpc) is 2.73. The fourth-order valence-corrected chi connectivity index (χ4v) is 2.85. The minimum atomic E-state index is -1.17. The summed E-state index contributed by atoms with van der Waals surface area (Å²) in [7, 11) is 0. The number of urea groups is 1. The molecule has 0 saturated carbocycles. The maximum Gasteiger partial charge on any atom is 0.344 e. The molecule has 0 spiro atoms. The lowest BCUT2D eigenvalue weighted by Gasteiger charge is -2.26. The molecule has 0 aromatic heterocycles. The van der Waals surface area contributed by atoms with E-state index in [9.17, 15) is 19.2 Å². The van der Waals surface area contributed by atoms with Gasteiger partial charge in [-0.3, -0.25) is 14.9 Å². The Bertz CT molecular complexity index is 1060. The maximum atomic E-state index is 13.0. The monoisotopic (exact) mass is 424 g/mol. The van der Waals surface area contributed by atoms with Crippen molar-refractivity contribution in [3.8, 4) is 11.5 Å². The highest BCUT2D eigenvalue weighted by molar-refractivity contribution is 6.39. The van der Waals surface area contributed by atoms with Gasteiger partial charge in [0.15, 0.2) is 6.10 Å². The van der Waals surface area contributed by atoms with Crippen LogP contribution in [0.25, 0.3) is 6.08 Å². The van der Waals surface area contributed by atoms with E-state index in [0.29, 0.717) is 17.9 Å². The minimum Gasteiger partial charge on any atom is -0.494 e. The van der Waals surface area contributed by atoms with E-state index in [-0.39, 0.29) is 17.0 Å². The number of hydrogen-bond donors (Lipinski definition) is 2. The number of para-hydroxylation sites is 1. The highest BCUT2D eigenvalue weighted by Crippen LogP contribution is 2.27. The molecule has 0 aliphatic carbocycles. The third-order valence-electron chi connectivity index (χ3n) is 4.38. The molecule has 1 heterocycles. The van der Waals surface area contributed by atoms with Gasteiger partial charge in [-0.05, 0) is 50.3 Å². The van der Waals surface area contributed by atoms with E-state index in [2.05, 4.69) is 5.32 Å². The number of nitrogens with zero attached hydrogens (tertiary/aromatic N) is 1. The smallest absolute Gasteiger partial charge is 0.344 e. The zero-order valence-corrected chi connectivity index (χ0v) is 16.8. The zero-order valence-electron chi connectivity index (χ0n) is 16.8. The van der Waals surface area contributed by atoms with Gasteiger partial charge in [0.05, 0.1) is 12.3 Å². The molecule has 9 heteroatoms. The zero-order chi connectivity index (χ0) is 22.5. The molecule has 2 N–H and O–H groups in total. The van der Waals surface area contributed by atoms with Crippen LogP contribution in [-0.4, -0.2) is 41.6 Å². The van der Waals surface area contributed by atoms with E-state index in [1.165, 1.54) is 31.2 Å². The van der Waals surface area contributed by atoms with Crippen molar-refractivity contribution in [3.05, 3.63) is 59.7 Å². The lowest BCUT2D eigenvalue weighted by molar-refractivity contribution is -0.144. The Kier molecular flexibility index (Phi) is 6.35. The number of aliphatic carboxylic acids is 1. The molecule has 4 amide bonds. The van der Waals surface area contributed by atoms with Gasteiger partial charge in [0, 0.05) is 5.56 Å². The van der Waals surface area contributed by atoms with Crippen LogP contribution in [0.15, 0.2) is 54.1 Å². The SMILES string of the molecule is CCOc1ccc(N2C(=O)NC(=O)/C(=C\c3ccccc3O[C@H](C)C(=O)O)C2=O)cc1. The molecule has 31 heavy (non-hydrogen) atoms. The molecule has 3 rings (SSSR count). The first-order chi connectivity index (χ1) is 14.8. The summed E-state index contributed by atoms with van der Waals surface area (Å²) in [6, 6.07) is 11.8. The first-order valence-electron chi connectivity index (χ1n) is 9.44. The van der Waals surface area contributed by atoms with Crippen molar-refractivity contribution >= 4 is 35.6 Å². The van der Waals surface area contributed by atoms with Crippen LogP contribution in [0.5, 0.6) is 11.5 Å². The van der Waals surface area contributed by atoms with Crippen LogP contribution in [0.3, 0.4) is 0 Å². The van der Waals surface area contributed by atoms with E-state index >= 15 is 0 Å². The number of ether oxygens (including phenoxy) is 2. The van der Waals surface area contributed by atoms with E-state index in [0.717, 1.165) is 4.90 Å². The van der Waals surface area contributed by atoms with Crippen molar-refractivity contribution in [1.29, 1.82) is 0 Å². The summed E-state index contributed by atoms with van der Waals surface area (Å²) >= 11 is 0. The topological polar surface area (TPSA) is 122 Å². The van der Waals surface area contributed by atoms with Crippen LogP contribution in [-0.2, 0) is 14.4 Å². The highest BCUT2D eigenvalue weighted by Gasteiger charge is 2.37. The summed E-state index contributed by atoms with van der Waals surface area (Å²) in [5.41, 5.74) is 0.274.